The zero-order chi connectivity index (χ0) is 12.8. The van der Waals surface area contributed by atoms with E-state index in [1.165, 1.54) is 6.92 Å². The van der Waals surface area contributed by atoms with Crippen LogP contribution in [0.4, 0.5) is 0 Å². The second-order valence-corrected chi connectivity index (χ2v) is 4.11. The van der Waals surface area contributed by atoms with Gasteiger partial charge >= 0.3 is 0 Å². The topological polar surface area (TPSA) is 58.2 Å². The maximum atomic E-state index is 11.5. The van der Waals surface area contributed by atoms with Crippen molar-refractivity contribution < 1.29 is 9.59 Å². The number of hydrogen-bond acceptors (Lipinski definition) is 2. The van der Waals surface area contributed by atoms with Crippen molar-refractivity contribution in [3.8, 4) is 0 Å². The van der Waals surface area contributed by atoms with E-state index < -0.39 is 0 Å². The van der Waals surface area contributed by atoms with Crippen LogP contribution in [0.5, 0.6) is 0 Å². The monoisotopic (exact) mass is 234 g/mol. The molecule has 0 unspecified atom stereocenters. The van der Waals surface area contributed by atoms with Crippen LogP contribution in [-0.4, -0.2) is 18.4 Å². The van der Waals surface area contributed by atoms with Crippen molar-refractivity contribution in [3.05, 3.63) is 35.4 Å². The molecular formula is C13H18N2O2. The maximum Gasteiger partial charge on any atom is 0.239 e. The van der Waals surface area contributed by atoms with E-state index in [-0.39, 0.29) is 24.4 Å². The molecule has 4 nitrogen and oxygen atoms in total. The Balaban J connectivity index is 2.51. The minimum atomic E-state index is -0.205. The van der Waals surface area contributed by atoms with E-state index in [1.54, 1.807) is 0 Å². The van der Waals surface area contributed by atoms with Gasteiger partial charge in [-0.1, -0.05) is 29.8 Å². The number of carbonyl (C=O) groups excluding carboxylic acids is 2. The Bertz CT molecular complexity index is 416. The third-order valence-corrected chi connectivity index (χ3v) is 2.42. The second-order valence-electron chi connectivity index (χ2n) is 4.11. The van der Waals surface area contributed by atoms with Crippen LogP contribution in [0.2, 0.25) is 0 Å². The highest BCUT2D eigenvalue weighted by Crippen LogP contribution is 2.13. The molecule has 1 aromatic rings. The lowest BCUT2D eigenvalue weighted by Gasteiger charge is -2.15. The molecule has 17 heavy (non-hydrogen) atoms. The normalized spacial score (nSPS) is 11.7. The average molecular weight is 234 g/mol. The van der Waals surface area contributed by atoms with Gasteiger partial charge < -0.3 is 10.6 Å². The van der Waals surface area contributed by atoms with Gasteiger partial charge in [0.25, 0.3) is 0 Å². The minimum absolute atomic E-state index is 0.0193. The number of aryl methyl sites for hydroxylation is 1. The Kier molecular flexibility index (Phi) is 4.69. The molecule has 1 atom stereocenters. The predicted molar refractivity (Wildman–Crippen MR) is 66.4 cm³/mol. The molecule has 0 aromatic heterocycles. The van der Waals surface area contributed by atoms with E-state index >= 15 is 0 Å². The van der Waals surface area contributed by atoms with Crippen LogP contribution >= 0.6 is 0 Å². The molecule has 0 aliphatic rings. The molecule has 2 amide bonds. The summed E-state index contributed by atoms with van der Waals surface area (Å²) in [7, 11) is 0. The zero-order valence-electron chi connectivity index (χ0n) is 10.4. The second kappa shape index (κ2) is 6.03. The van der Waals surface area contributed by atoms with Gasteiger partial charge in [0.05, 0.1) is 12.6 Å². The molecule has 0 aliphatic carbocycles. The highest BCUT2D eigenvalue weighted by atomic mass is 16.2. The molecule has 0 saturated carbocycles. The SMILES string of the molecule is CC(=O)NCC(=O)N[C@H](C)c1cccc(C)c1. The summed E-state index contributed by atoms with van der Waals surface area (Å²) in [5.41, 5.74) is 2.21. The minimum Gasteiger partial charge on any atom is -0.348 e. The molecule has 2 N–H and O–H groups in total. The Labute approximate surface area is 101 Å². The number of benzene rings is 1. The number of hydrogen-bond donors (Lipinski definition) is 2. The van der Waals surface area contributed by atoms with Crippen LogP contribution in [0.15, 0.2) is 24.3 Å². The van der Waals surface area contributed by atoms with Crippen LogP contribution < -0.4 is 10.6 Å². The molecule has 0 radical (unpaired) electrons. The highest BCUT2D eigenvalue weighted by Gasteiger charge is 2.09. The number of rotatable bonds is 4. The van der Waals surface area contributed by atoms with Gasteiger partial charge in [0.2, 0.25) is 11.8 Å². The van der Waals surface area contributed by atoms with Crippen LogP contribution in [0.3, 0.4) is 0 Å². The Morgan fingerprint density at radius 2 is 2.06 bits per heavy atom. The van der Waals surface area contributed by atoms with E-state index in [2.05, 4.69) is 10.6 Å². The summed E-state index contributed by atoms with van der Waals surface area (Å²) < 4.78 is 0. The van der Waals surface area contributed by atoms with Crippen molar-refractivity contribution in [2.45, 2.75) is 26.8 Å². The number of carbonyl (C=O) groups is 2. The first kappa shape index (κ1) is 13.2. The third kappa shape index (κ3) is 4.68. The summed E-state index contributed by atoms with van der Waals surface area (Å²) in [5, 5.41) is 5.29. The van der Waals surface area contributed by atoms with Gasteiger partial charge in [0.1, 0.15) is 0 Å². The summed E-state index contributed by atoms with van der Waals surface area (Å²) >= 11 is 0. The molecule has 92 valence electrons. The Morgan fingerprint density at radius 1 is 1.35 bits per heavy atom. The molecule has 4 heteroatoms. The third-order valence-electron chi connectivity index (χ3n) is 2.42. The maximum absolute atomic E-state index is 11.5. The van der Waals surface area contributed by atoms with Gasteiger partial charge in [-0.2, -0.15) is 0 Å². The quantitative estimate of drug-likeness (QED) is 0.825. The lowest BCUT2D eigenvalue weighted by molar-refractivity contribution is -0.125. The molecule has 0 aliphatic heterocycles. The molecule has 0 spiro atoms. The fourth-order valence-corrected chi connectivity index (χ4v) is 1.52. The van der Waals surface area contributed by atoms with Crippen molar-refractivity contribution in [3.63, 3.8) is 0 Å². The van der Waals surface area contributed by atoms with Gasteiger partial charge in [-0.25, -0.2) is 0 Å². The average Bonchev–Trinajstić information content (AvgIpc) is 2.26. The Hall–Kier alpha value is -1.84. The van der Waals surface area contributed by atoms with E-state index in [9.17, 15) is 9.59 Å². The molecular weight excluding hydrogens is 216 g/mol. The van der Waals surface area contributed by atoms with E-state index in [1.807, 2.05) is 38.1 Å². The van der Waals surface area contributed by atoms with Crippen molar-refractivity contribution in [2.24, 2.45) is 0 Å². The van der Waals surface area contributed by atoms with Crippen LogP contribution in [-0.2, 0) is 9.59 Å². The molecule has 0 saturated heterocycles. The fraction of sp³-hybridized carbons (Fsp3) is 0.385. The summed E-state index contributed by atoms with van der Waals surface area (Å²) in [6.45, 7) is 5.33. The molecule has 1 aromatic carbocycles. The first-order valence-electron chi connectivity index (χ1n) is 5.59. The highest BCUT2D eigenvalue weighted by molar-refractivity contribution is 5.83. The largest absolute Gasteiger partial charge is 0.348 e. The predicted octanol–water partition coefficient (Wildman–Crippen LogP) is 1.31. The summed E-state index contributed by atoms with van der Waals surface area (Å²) in [6.07, 6.45) is 0. The lowest BCUT2D eigenvalue weighted by Crippen LogP contribution is -2.37. The van der Waals surface area contributed by atoms with E-state index in [0.29, 0.717) is 0 Å². The molecule has 0 fully saturated rings. The molecule has 0 heterocycles. The summed E-state index contributed by atoms with van der Waals surface area (Å²) in [4.78, 5) is 22.1. The van der Waals surface area contributed by atoms with E-state index in [0.717, 1.165) is 11.1 Å². The van der Waals surface area contributed by atoms with Gasteiger partial charge in [-0.3, -0.25) is 9.59 Å². The van der Waals surface area contributed by atoms with Gasteiger partial charge in [0.15, 0.2) is 0 Å². The first-order chi connectivity index (χ1) is 7.99. The fourth-order valence-electron chi connectivity index (χ4n) is 1.52. The smallest absolute Gasteiger partial charge is 0.239 e. The van der Waals surface area contributed by atoms with Gasteiger partial charge in [-0.05, 0) is 19.4 Å². The van der Waals surface area contributed by atoms with Crippen LogP contribution in [0, 0.1) is 6.92 Å². The van der Waals surface area contributed by atoms with Gasteiger partial charge in [0, 0.05) is 6.92 Å². The van der Waals surface area contributed by atoms with Crippen molar-refractivity contribution in [1.29, 1.82) is 0 Å². The van der Waals surface area contributed by atoms with Crippen molar-refractivity contribution in [2.75, 3.05) is 6.54 Å². The van der Waals surface area contributed by atoms with E-state index in [4.69, 9.17) is 0 Å². The van der Waals surface area contributed by atoms with Crippen molar-refractivity contribution in [1.82, 2.24) is 10.6 Å². The standard InChI is InChI=1S/C13H18N2O2/c1-9-5-4-6-12(7-9)10(2)15-13(17)8-14-11(3)16/h4-7,10H,8H2,1-3H3,(H,14,16)(H,15,17)/t10-/m1/s1. The Morgan fingerprint density at radius 3 is 2.65 bits per heavy atom. The number of amides is 2. The van der Waals surface area contributed by atoms with Crippen LogP contribution in [0.1, 0.15) is 31.0 Å². The van der Waals surface area contributed by atoms with Crippen LogP contribution in [0.25, 0.3) is 0 Å². The molecule has 1 rings (SSSR count). The first-order valence-corrected chi connectivity index (χ1v) is 5.59. The van der Waals surface area contributed by atoms with Gasteiger partial charge in [-0.15, -0.1) is 0 Å². The summed E-state index contributed by atoms with van der Waals surface area (Å²) in [6, 6.07) is 7.91. The number of nitrogens with one attached hydrogen (secondary N) is 2. The zero-order valence-corrected chi connectivity index (χ0v) is 10.4. The molecule has 0 bridgehead atoms. The van der Waals surface area contributed by atoms with Crippen molar-refractivity contribution >= 4 is 11.8 Å². The summed E-state index contributed by atoms with van der Waals surface area (Å²) in [5.74, 6) is -0.391. The lowest BCUT2D eigenvalue weighted by atomic mass is 10.1.